The molecule has 2 aromatic carbocycles. The van der Waals surface area contributed by atoms with Gasteiger partial charge in [0, 0.05) is 13.2 Å². The zero-order chi connectivity index (χ0) is 23.4. The summed E-state index contributed by atoms with van der Waals surface area (Å²) in [4.78, 5) is 39.3. The second kappa shape index (κ2) is 9.83. The van der Waals surface area contributed by atoms with Gasteiger partial charge in [0.2, 0.25) is 5.69 Å². The molecule has 0 radical (unpaired) electrons. The number of nitrogens with one attached hydrogen (secondary N) is 1. The lowest BCUT2D eigenvalue weighted by Crippen LogP contribution is -2.46. The van der Waals surface area contributed by atoms with Crippen LogP contribution in [-0.4, -0.2) is 46.6 Å². The van der Waals surface area contributed by atoms with Crippen LogP contribution < -0.4 is 21.3 Å². The van der Waals surface area contributed by atoms with Crippen molar-refractivity contribution >= 4 is 5.91 Å². The van der Waals surface area contributed by atoms with E-state index in [0.29, 0.717) is 23.6 Å². The minimum Gasteiger partial charge on any atom is -0.497 e. The van der Waals surface area contributed by atoms with Crippen molar-refractivity contribution in [2.24, 2.45) is 0 Å². The minimum absolute atomic E-state index is 0.0325. The third kappa shape index (κ3) is 5.04. The number of benzene rings is 2. The minimum atomic E-state index is -0.754. The fourth-order valence-corrected chi connectivity index (χ4v) is 3.70. The van der Waals surface area contributed by atoms with Gasteiger partial charge in [-0.05, 0) is 49.6 Å². The van der Waals surface area contributed by atoms with E-state index in [-0.39, 0.29) is 24.9 Å². The van der Waals surface area contributed by atoms with Gasteiger partial charge in [-0.1, -0.05) is 29.8 Å². The van der Waals surface area contributed by atoms with Gasteiger partial charge in [0.25, 0.3) is 11.5 Å². The van der Waals surface area contributed by atoms with Gasteiger partial charge in [-0.25, -0.2) is 4.79 Å². The van der Waals surface area contributed by atoms with Gasteiger partial charge in [-0.2, -0.15) is 9.78 Å². The van der Waals surface area contributed by atoms with Crippen LogP contribution in [-0.2, 0) is 11.3 Å². The summed E-state index contributed by atoms with van der Waals surface area (Å²) >= 11 is 0. The quantitative estimate of drug-likeness (QED) is 0.587. The molecule has 2 heterocycles. The topological polar surface area (TPSA) is 104 Å². The molecule has 0 unspecified atom stereocenters. The van der Waals surface area contributed by atoms with E-state index in [4.69, 9.17) is 9.47 Å². The molecule has 1 saturated heterocycles. The molecule has 3 aromatic rings. The molecule has 1 atom stereocenters. The van der Waals surface area contributed by atoms with Crippen molar-refractivity contribution in [3.8, 4) is 11.4 Å². The summed E-state index contributed by atoms with van der Waals surface area (Å²) in [7, 11) is 1.54. The first-order chi connectivity index (χ1) is 16.0. The van der Waals surface area contributed by atoms with Crippen molar-refractivity contribution in [2.45, 2.75) is 32.4 Å². The molecule has 1 N–H and O–H groups in total. The Balaban J connectivity index is 1.76. The SMILES string of the molecule is COc1cccc(Cn2c(=O)c(C(=O)NC[C@@H]3CCCO3)nn(-c3ccc(C)cc3)c2=O)c1. The average molecular weight is 450 g/mol. The van der Waals surface area contributed by atoms with E-state index in [1.54, 1.807) is 43.5 Å². The van der Waals surface area contributed by atoms with Gasteiger partial charge in [0.15, 0.2) is 0 Å². The number of nitrogens with zero attached hydrogens (tertiary/aromatic N) is 3. The number of methoxy groups -OCH3 is 1. The molecule has 9 nitrogen and oxygen atoms in total. The Morgan fingerprint density at radius 1 is 1.21 bits per heavy atom. The smallest absolute Gasteiger partial charge is 0.352 e. The molecule has 1 aromatic heterocycles. The van der Waals surface area contributed by atoms with Crippen LogP contribution >= 0.6 is 0 Å². The lowest BCUT2D eigenvalue weighted by Gasteiger charge is -2.14. The van der Waals surface area contributed by atoms with E-state index in [9.17, 15) is 14.4 Å². The molecular formula is C24H26N4O5. The molecule has 4 rings (SSSR count). The van der Waals surface area contributed by atoms with Crippen LogP contribution in [0.25, 0.3) is 5.69 Å². The highest BCUT2D eigenvalue weighted by Crippen LogP contribution is 2.13. The van der Waals surface area contributed by atoms with E-state index in [0.717, 1.165) is 27.7 Å². The lowest BCUT2D eigenvalue weighted by atomic mass is 10.2. The summed E-state index contributed by atoms with van der Waals surface area (Å²) in [6.07, 6.45) is 1.69. The van der Waals surface area contributed by atoms with Crippen LogP contribution in [0, 0.1) is 6.92 Å². The number of aromatic nitrogens is 3. The number of carbonyl (C=O) groups is 1. The summed E-state index contributed by atoms with van der Waals surface area (Å²) in [6, 6.07) is 14.2. The molecule has 0 spiro atoms. The maximum atomic E-state index is 13.3. The third-order valence-electron chi connectivity index (χ3n) is 5.54. The summed E-state index contributed by atoms with van der Waals surface area (Å²) in [5, 5.41) is 6.87. The molecule has 1 amide bonds. The van der Waals surface area contributed by atoms with E-state index in [1.165, 1.54) is 0 Å². The zero-order valence-electron chi connectivity index (χ0n) is 18.6. The first kappa shape index (κ1) is 22.5. The average Bonchev–Trinajstić information content (AvgIpc) is 3.35. The molecule has 1 fully saturated rings. The van der Waals surface area contributed by atoms with Crippen LogP contribution in [0.1, 0.15) is 34.5 Å². The Hall–Kier alpha value is -3.72. The highest BCUT2D eigenvalue weighted by molar-refractivity contribution is 5.91. The Morgan fingerprint density at radius 2 is 2.00 bits per heavy atom. The Kier molecular flexibility index (Phi) is 6.69. The van der Waals surface area contributed by atoms with Crippen molar-refractivity contribution in [3.05, 3.63) is 86.2 Å². The van der Waals surface area contributed by atoms with Gasteiger partial charge in [0.1, 0.15) is 5.75 Å². The molecule has 1 aliphatic heterocycles. The molecule has 33 heavy (non-hydrogen) atoms. The van der Waals surface area contributed by atoms with E-state index < -0.39 is 17.2 Å². The van der Waals surface area contributed by atoms with Crippen LogP contribution in [0.5, 0.6) is 5.75 Å². The van der Waals surface area contributed by atoms with Crippen molar-refractivity contribution in [2.75, 3.05) is 20.3 Å². The van der Waals surface area contributed by atoms with Gasteiger partial charge in [0.05, 0.1) is 25.4 Å². The lowest BCUT2D eigenvalue weighted by molar-refractivity contribution is 0.0849. The fraction of sp³-hybridized carbons (Fsp3) is 0.333. The van der Waals surface area contributed by atoms with Gasteiger partial charge in [-0.3, -0.25) is 14.2 Å². The first-order valence-corrected chi connectivity index (χ1v) is 10.8. The van der Waals surface area contributed by atoms with E-state index >= 15 is 0 Å². The Bertz CT molecular complexity index is 1260. The number of hydrogen-bond acceptors (Lipinski definition) is 6. The highest BCUT2D eigenvalue weighted by atomic mass is 16.5. The van der Waals surface area contributed by atoms with E-state index in [1.807, 2.05) is 19.1 Å². The third-order valence-corrected chi connectivity index (χ3v) is 5.54. The number of hydrogen-bond donors (Lipinski definition) is 1. The summed E-state index contributed by atoms with van der Waals surface area (Å²) in [5.74, 6) is -0.0428. The van der Waals surface area contributed by atoms with Crippen molar-refractivity contribution in [3.63, 3.8) is 0 Å². The molecular weight excluding hydrogens is 424 g/mol. The molecule has 0 aliphatic carbocycles. The predicted octanol–water partition coefficient (Wildman–Crippen LogP) is 1.67. The van der Waals surface area contributed by atoms with Crippen molar-refractivity contribution in [1.82, 2.24) is 19.7 Å². The maximum absolute atomic E-state index is 13.3. The largest absolute Gasteiger partial charge is 0.497 e. The Morgan fingerprint density at radius 3 is 2.70 bits per heavy atom. The molecule has 0 saturated carbocycles. The van der Waals surface area contributed by atoms with Crippen LogP contribution in [0.2, 0.25) is 0 Å². The van der Waals surface area contributed by atoms with Gasteiger partial charge >= 0.3 is 5.69 Å². The number of ether oxygens (including phenoxy) is 2. The van der Waals surface area contributed by atoms with Gasteiger partial charge < -0.3 is 14.8 Å². The van der Waals surface area contributed by atoms with Crippen LogP contribution in [0.15, 0.2) is 58.1 Å². The highest BCUT2D eigenvalue weighted by Gasteiger charge is 2.22. The molecule has 172 valence electrons. The summed E-state index contributed by atoms with van der Waals surface area (Å²) < 4.78 is 12.9. The van der Waals surface area contributed by atoms with Crippen LogP contribution in [0.4, 0.5) is 0 Å². The standard InChI is InChI=1S/C24H26N4O5/c1-16-8-10-18(11-9-16)28-24(31)27(15-17-5-3-6-19(13-17)32-2)23(30)21(26-28)22(29)25-14-20-7-4-12-33-20/h3,5-6,8-11,13,20H,4,7,12,14-15H2,1-2H3,(H,25,29)/t20-/m0/s1. The number of amides is 1. The summed E-state index contributed by atoms with van der Waals surface area (Å²) in [6.45, 7) is 2.83. The zero-order valence-corrected chi connectivity index (χ0v) is 18.6. The van der Waals surface area contributed by atoms with E-state index in [2.05, 4.69) is 10.4 Å². The number of rotatable bonds is 7. The second-order valence-corrected chi connectivity index (χ2v) is 7.97. The van der Waals surface area contributed by atoms with Crippen molar-refractivity contribution < 1.29 is 14.3 Å². The predicted molar refractivity (Wildman–Crippen MR) is 122 cm³/mol. The summed E-state index contributed by atoms with van der Waals surface area (Å²) in [5.41, 5.74) is 0.402. The molecule has 0 bridgehead atoms. The second-order valence-electron chi connectivity index (χ2n) is 7.97. The molecule has 9 heteroatoms. The number of carbonyl (C=O) groups excluding carboxylic acids is 1. The maximum Gasteiger partial charge on any atom is 0.352 e. The van der Waals surface area contributed by atoms with Crippen molar-refractivity contribution in [1.29, 1.82) is 0 Å². The fourth-order valence-electron chi connectivity index (χ4n) is 3.70. The Labute approximate surface area is 190 Å². The van der Waals surface area contributed by atoms with Gasteiger partial charge in [-0.15, -0.1) is 0 Å². The molecule has 1 aliphatic rings. The normalized spacial score (nSPS) is 15.4. The monoisotopic (exact) mass is 450 g/mol. The number of aryl methyl sites for hydroxylation is 1. The first-order valence-electron chi connectivity index (χ1n) is 10.8. The van der Waals surface area contributed by atoms with Crippen LogP contribution in [0.3, 0.4) is 0 Å².